The van der Waals surface area contributed by atoms with Crippen LogP contribution in [0.15, 0.2) is 70.5 Å². The Hall–Kier alpha value is -1.89. The summed E-state index contributed by atoms with van der Waals surface area (Å²) in [5, 5.41) is 8.73. The fraction of sp³-hybridized carbons (Fsp3) is 0.0500. The molecule has 0 aliphatic rings. The molecular formula is C20H14Br2O3S. The van der Waals surface area contributed by atoms with E-state index in [1.165, 1.54) is 0 Å². The minimum Gasteiger partial charge on any atom is -0.482 e. The van der Waals surface area contributed by atoms with Crippen molar-refractivity contribution in [1.29, 1.82) is 0 Å². The van der Waals surface area contributed by atoms with Crippen LogP contribution >= 0.6 is 43.2 Å². The van der Waals surface area contributed by atoms with Gasteiger partial charge in [-0.15, -0.1) is 11.3 Å². The zero-order valence-electron chi connectivity index (χ0n) is 13.5. The quantitative estimate of drug-likeness (QED) is 0.410. The van der Waals surface area contributed by atoms with Crippen molar-refractivity contribution in [3.05, 3.63) is 86.5 Å². The molecule has 0 aliphatic heterocycles. The Morgan fingerprint density at radius 1 is 0.962 bits per heavy atom. The molecule has 0 spiro atoms. The molecule has 0 atom stereocenters. The van der Waals surface area contributed by atoms with Gasteiger partial charge in [-0.25, -0.2) is 4.79 Å². The third-order valence-electron chi connectivity index (χ3n) is 3.57. The van der Waals surface area contributed by atoms with Crippen molar-refractivity contribution in [3.63, 3.8) is 0 Å². The van der Waals surface area contributed by atoms with Gasteiger partial charge in [0, 0.05) is 14.9 Å². The van der Waals surface area contributed by atoms with Crippen LogP contribution in [0.4, 0.5) is 0 Å². The molecule has 26 heavy (non-hydrogen) atoms. The Morgan fingerprint density at radius 3 is 2.23 bits per heavy atom. The van der Waals surface area contributed by atoms with Crippen LogP contribution in [0.25, 0.3) is 10.1 Å². The summed E-state index contributed by atoms with van der Waals surface area (Å²) in [6, 6.07) is 21.6. The van der Waals surface area contributed by atoms with Crippen molar-refractivity contribution in [3.8, 4) is 5.75 Å². The molecule has 0 aliphatic carbocycles. The van der Waals surface area contributed by atoms with Gasteiger partial charge in [-0.1, -0.05) is 42.5 Å². The van der Waals surface area contributed by atoms with E-state index in [0.29, 0.717) is 5.75 Å². The molecule has 2 aromatic carbocycles. The number of hydrogen-bond donors (Lipinski definition) is 1. The van der Waals surface area contributed by atoms with Gasteiger partial charge < -0.3 is 9.84 Å². The summed E-state index contributed by atoms with van der Waals surface area (Å²) in [6.45, 7) is -0.354. The number of ether oxygens (including phenoxy) is 1. The van der Waals surface area contributed by atoms with Crippen molar-refractivity contribution in [2.45, 2.75) is 0 Å². The Labute approximate surface area is 172 Å². The predicted molar refractivity (Wildman–Crippen MR) is 113 cm³/mol. The molecule has 1 aromatic heterocycles. The molecule has 132 valence electrons. The maximum atomic E-state index is 10.6. The number of halogens is 2. The van der Waals surface area contributed by atoms with Gasteiger partial charge in [0.15, 0.2) is 6.61 Å². The summed E-state index contributed by atoms with van der Waals surface area (Å²) < 4.78 is 7.27. The Balaban J connectivity index is 2.03. The second kappa shape index (κ2) is 8.66. The summed E-state index contributed by atoms with van der Waals surface area (Å²) in [5.41, 5.74) is 3.16. The van der Waals surface area contributed by atoms with Crippen LogP contribution in [0.2, 0.25) is 0 Å². The van der Waals surface area contributed by atoms with Crippen molar-refractivity contribution < 1.29 is 14.6 Å². The fourth-order valence-corrected chi connectivity index (χ4v) is 4.72. The Bertz CT molecular complexity index is 931. The number of benzene rings is 2. The van der Waals surface area contributed by atoms with Gasteiger partial charge in [0.05, 0.1) is 3.79 Å². The maximum absolute atomic E-state index is 10.6. The van der Waals surface area contributed by atoms with Crippen molar-refractivity contribution in [1.82, 2.24) is 0 Å². The molecule has 0 unspecified atom stereocenters. The number of hydrogen-bond acceptors (Lipinski definition) is 3. The second-order valence-electron chi connectivity index (χ2n) is 5.37. The van der Waals surface area contributed by atoms with Gasteiger partial charge in [0.1, 0.15) is 5.75 Å². The second-order valence-corrected chi connectivity index (χ2v) is 8.62. The SMILES string of the molecule is O=C(O)COc1ccc(C(=C(Br)c2ccccc2)c2ccc(Br)s2)cc1. The first-order valence-corrected chi connectivity index (χ1v) is 10.1. The lowest BCUT2D eigenvalue weighted by Crippen LogP contribution is -2.09. The summed E-state index contributed by atoms with van der Waals surface area (Å²) in [6.07, 6.45) is 0. The van der Waals surface area contributed by atoms with Crippen molar-refractivity contribution in [2.75, 3.05) is 6.61 Å². The van der Waals surface area contributed by atoms with Gasteiger partial charge in [-0.2, -0.15) is 0 Å². The van der Waals surface area contributed by atoms with Crippen LogP contribution < -0.4 is 4.74 Å². The fourth-order valence-electron chi connectivity index (χ4n) is 2.42. The third-order valence-corrected chi connectivity index (χ3v) is 6.07. The first-order chi connectivity index (χ1) is 12.5. The average molecular weight is 494 g/mol. The molecule has 0 radical (unpaired) electrons. The minimum atomic E-state index is -0.995. The smallest absolute Gasteiger partial charge is 0.341 e. The molecule has 0 fully saturated rings. The van der Waals surface area contributed by atoms with Crippen molar-refractivity contribution >= 4 is 59.2 Å². The standard InChI is InChI=1S/C20H14Br2O3S/c21-17-11-10-16(26-17)19(20(22)14-4-2-1-3-5-14)13-6-8-15(9-7-13)25-12-18(23)24/h1-11H,12H2,(H,23,24). The van der Waals surface area contributed by atoms with Crippen LogP contribution in [0.3, 0.4) is 0 Å². The van der Waals surface area contributed by atoms with E-state index >= 15 is 0 Å². The first kappa shape index (κ1) is 18.9. The maximum Gasteiger partial charge on any atom is 0.341 e. The molecule has 0 bridgehead atoms. The molecule has 3 aromatic rings. The molecule has 1 heterocycles. The molecule has 1 N–H and O–H groups in total. The molecular weight excluding hydrogens is 480 g/mol. The summed E-state index contributed by atoms with van der Waals surface area (Å²) >= 11 is 8.95. The van der Waals surface area contributed by atoms with Crippen molar-refractivity contribution in [2.24, 2.45) is 0 Å². The minimum absolute atomic E-state index is 0.354. The normalized spacial score (nSPS) is 11.8. The topological polar surface area (TPSA) is 46.5 Å². The third kappa shape index (κ3) is 4.63. The Kier molecular flexibility index (Phi) is 6.29. The lowest BCUT2D eigenvalue weighted by Gasteiger charge is -2.12. The molecule has 3 rings (SSSR count). The van der Waals surface area contributed by atoms with E-state index in [4.69, 9.17) is 9.84 Å². The average Bonchev–Trinajstić information content (AvgIpc) is 3.07. The van der Waals surface area contributed by atoms with Crippen LogP contribution in [0.1, 0.15) is 16.0 Å². The van der Waals surface area contributed by atoms with E-state index in [2.05, 4.69) is 50.1 Å². The van der Waals surface area contributed by atoms with Crippen LogP contribution in [-0.2, 0) is 4.79 Å². The Morgan fingerprint density at radius 2 is 1.65 bits per heavy atom. The summed E-state index contributed by atoms with van der Waals surface area (Å²) in [4.78, 5) is 11.8. The van der Waals surface area contributed by atoms with E-state index in [1.807, 2.05) is 36.4 Å². The monoisotopic (exact) mass is 492 g/mol. The number of thiophene rings is 1. The number of rotatable bonds is 6. The largest absolute Gasteiger partial charge is 0.482 e. The number of aliphatic carboxylic acids is 1. The van der Waals surface area contributed by atoms with Gasteiger partial charge in [-0.05, 0) is 67.3 Å². The zero-order valence-corrected chi connectivity index (χ0v) is 17.5. The first-order valence-electron chi connectivity index (χ1n) is 7.70. The van der Waals surface area contributed by atoms with E-state index in [1.54, 1.807) is 23.5 Å². The van der Waals surface area contributed by atoms with Crippen LogP contribution in [0.5, 0.6) is 5.75 Å². The lowest BCUT2D eigenvalue weighted by atomic mass is 10.0. The summed E-state index contributed by atoms with van der Waals surface area (Å²) in [7, 11) is 0. The number of carboxylic acids is 1. The molecule has 0 amide bonds. The van der Waals surface area contributed by atoms with Gasteiger partial charge in [0.2, 0.25) is 0 Å². The van der Waals surface area contributed by atoms with E-state index in [0.717, 1.165) is 29.8 Å². The summed E-state index contributed by atoms with van der Waals surface area (Å²) in [5.74, 6) is -0.469. The zero-order chi connectivity index (χ0) is 18.5. The number of carbonyl (C=O) groups is 1. The number of carboxylic acid groups (broad SMARTS) is 1. The highest BCUT2D eigenvalue weighted by Gasteiger charge is 2.14. The van der Waals surface area contributed by atoms with E-state index in [9.17, 15) is 4.79 Å². The highest BCUT2D eigenvalue weighted by Crippen LogP contribution is 2.40. The molecule has 3 nitrogen and oxygen atoms in total. The van der Waals surface area contributed by atoms with Gasteiger partial charge >= 0.3 is 5.97 Å². The highest BCUT2D eigenvalue weighted by atomic mass is 79.9. The van der Waals surface area contributed by atoms with E-state index in [-0.39, 0.29) is 6.61 Å². The van der Waals surface area contributed by atoms with Crippen LogP contribution in [0, 0.1) is 0 Å². The van der Waals surface area contributed by atoms with Gasteiger partial charge in [0.25, 0.3) is 0 Å². The van der Waals surface area contributed by atoms with Crippen LogP contribution in [-0.4, -0.2) is 17.7 Å². The van der Waals surface area contributed by atoms with Gasteiger partial charge in [-0.3, -0.25) is 0 Å². The molecule has 6 heteroatoms. The molecule has 0 saturated heterocycles. The predicted octanol–water partition coefficient (Wildman–Crippen LogP) is 6.29. The molecule has 0 saturated carbocycles. The lowest BCUT2D eigenvalue weighted by molar-refractivity contribution is -0.139. The highest BCUT2D eigenvalue weighted by molar-refractivity contribution is 9.15. The van der Waals surface area contributed by atoms with E-state index < -0.39 is 5.97 Å².